The molecule has 1 N–H and O–H groups in total. The van der Waals surface area contributed by atoms with E-state index in [1.807, 2.05) is 23.1 Å². The Labute approximate surface area is 147 Å². The van der Waals surface area contributed by atoms with Crippen molar-refractivity contribution < 1.29 is 14.4 Å². The van der Waals surface area contributed by atoms with E-state index in [1.165, 1.54) is 4.90 Å². The van der Waals surface area contributed by atoms with Gasteiger partial charge in [-0.3, -0.25) is 9.59 Å². The monoisotopic (exact) mass is 344 g/mol. The second-order valence-electron chi connectivity index (χ2n) is 6.47. The van der Waals surface area contributed by atoms with Gasteiger partial charge in [-0.05, 0) is 31.4 Å². The zero-order valence-corrected chi connectivity index (χ0v) is 14.3. The molecule has 2 saturated heterocycles. The fraction of sp³-hybridized carbons (Fsp3) is 0.500. The molecular weight excluding hydrogens is 320 g/mol. The number of anilines is 1. The second kappa shape index (κ2) is 8.00. The number of carbonyl (C=O) groups is 3. The van der Waals surface area contributed by atoms with Crippen LogP contribution in [0.25, 0.3) is 0 Å². The van der Waals surface area contributed by atoms with Crippen molar-refractivity contribution >= 4 is 23.5 Å². The lowest BCUT2D eigenvalue weighted by molar-refractivity contribution is -0.143. The first-order valence-corrected chi connectivity index (χ1v) is 8.80. The number of nitrogens with one attached hydrogen (secondary N) is 1. The zero-order valence-electron chi connectivity index (χ0n) is 14.3. The molecule has 2 aliphatic rings. The van der Waals surface area contributed by atoms with Crippen molar-refractivity contribution in [2.45, 2.75) is 19.3 Å². The van der Waals surface area contributed by atoms with Crippen molar-refractivity contribution in [2.24, 2.45) is 0 Å². The molecule has 0 saturated carbocycles. The van der Waals surface area contributed by atoms with Crippen LogP contribution in [0.5, 0.6) is 0 Å². The molecule has 1 aromatic carbocycles. The Morgan fingerprint density at radius 2 is 1.64 bits per heavy atom. The van der Waals surface area contributed by atoms with Crippen molar-refractivity contribution in [1.82, 2.24) is 14.7 Å². The Balaban J connectivity index is 1.49. The summed E-state index contributed by atoms with van der Waals surface area (Å²) in [6.45, 7) is 2.51. The van der Waals surface area contributed by atoms with Crippen LogP contribution in [0.4, 0.5) is 10.5 Å². The number of para-hydroxylation sites is 1. The van der Waals surface area contributed by atoms with E-state index in [-0.39, 0.29) is 30.9 Å². The summed E-state index contributed by atoms with van der Waals surface area (Å²) in [7, 11) is 0. The van der Waals surface area contributed by atoms with Crippen LogP contribution in [0.3, 0.4) is 0 Å². The summed E-state index contributed by atoms with van der Waals surface area (Å²) in [5.41, 5.74) is 0.697. The SMILES string of the molecule is O=C(CN1CCN(C(=O)Nc2ccccc2)CC1=O)N1CCCCC1. The van der Waals surface area contributed by atoms with Gasteiger partial charge in [0.25, 0.3) is 0 Å². The van der Waals surface area contributed by atoms with E-state index in [0.717, 1.165) is 32.4 Å². The van der Waals surface area contributed by atoms with Crippen molar-refractivity contribution in [3.05, 3.63) is 30.3 Å². The molecule has 7 nitrogen and oxygen atoms in total. The van der Waals surface area contributed by atoms with Crippen LogP contribution in [-0.2, 0) is 9.59 Å². The molecule has 0 bridgehead atoms. The number of rotatable bonds is 3. The molecule has 0 aliphatic carbocycles. The Kier molecular flexibility index (Phi) is 5.53. The predicted molar refractivity (Wildman–Crippen MR) is 94.0 cm³/mol. The highest BCUT2D eigenvalue weighted by molar-refractivity contribution is 5.94. The van der Waals surface area contributed by atoms with Crippen LogP contribution in [0.1, 0.15) is 19.3 Å². The van der Waals surface area contributed by atoms with Crippen LogP contribution in [0.15, 0.2) is 30.3 Å². The minimum absolute atomic E-state index is 0.00590. The first kappa shape index (κ1) is 17.3. The average Bonchev–Trinajstić information content (AvgIpc) is 2.65. The van der Waals surface area contributed by atoms with E-state index in [2.05, 4.69) is 5.32 Å². The van der Waals surface area contributed by atoms with Gasteiger partial charge in [-0.2, -0.15) is 0 Å². The van der Waals surface area contributed by atoms with Gasteiger partial charge >= 0.3 is 6.03 Å². The predicted octanol–water partition coefficient (Wildman–Crippen LogP) is 1.38. The summed E-state index contributed by atoms with van der Waals surface area (Å²) in [6.07, 6.45) is 3.23. The maximum absolute atomic E-state index is 12.3. The van der Waals surface area contributed by atoms with Crippen molar-refractivity contribution in [3.63, 3.8) is 0 Å². The van der Waals surface area contributed by atoms with Crippen molar-refractivity contribution in [1.29, 1.82) is 0 Å². The third-order valence-corrected chi connectivity index (χ3v) is 4.67. The number of nitrogens with zero attached hydrogens (tertiary/aromatic N) is 3. The third-order valence-electron chi connectivity index (χ3n) is 4.67. The maximum atomic E-state index is 12.3. The first-order valence-electron chi connectivity index (χ1n) is 8.80. The smallest absolute Gasteiger partial charge is 0.322 e. The van der Waals surface area contributed by atoms with Gasteiger partial charge in [0.15, 0.2) is 0 Å². The van der Waals surface area contributed by atoms with Gasteiger partial charge in [-0.1, -0.05) is 18.2 Å². The topological polar surface area (TPSA) is 73.0 Å². The number of urea groups is 1. The Hall–Kier alpha value is -2.57. The van der Waals surface area contributed by atoms with E-state index in [4.69, 9.17) is 0 Å². The summed E-state index contributed by atoms with van der Waals surface area (Å²) in [5.74, 6) is -0.171. The lowest BCUT2D eigenvalue weighted by atomic mass is 10.1. The average molecular weight is 344 g/mol. The molecule has 25 heavy (non-hydrogen) atoms. The fourth-order valence-electron chi connectivity index (χ4n) is 3.18. The van der Waals surface area contributed by atoms with Gasteiger partial charge < -0.3 is 20.0 Å². The van der Waals surface area contributed by atoms with Crippen LogP contribution in [0.2, 0.25) is 0 Å². The lowest BCUT2D eigenvalue weighted by Crippen LogP contribution is -2.55. The lowest BCUT2D eigenvalue weighted by Gasteiger charge is -2.35. The Morgan fingerprint density at radius 1 is 0.920 bits per heavy atom. The van der Waals surface area contributed by atoms with Gasteiger partial charge in [0.05, 0.1) is 6.54 Å². The molecule has 1 aromatic rings. The fourth-order valence-corrected chi connectivity index (χ4v) is 3.18. The summed E-state index contributed by atoms with van der Waals surface area (Å²) in [4.78, 5) is 41.8. The van der Waals surface area contributed by atoms with Crippen LogP contribution < -0.4 is 5.32 Å². The molecule has 0 spiro atoms. The normalized spacial score (nSPS) is 18.2. The van der Waals surface area contributed by atoms with Crippen LogP contribution >= 0.6 is 0 Å². The van der Waals surface area contributed by atoms with Gasteiger partial charge in [0.2, 0.25) is 11.8 Å². The Bertz CT molecular complexity index is 628. The van der Waals surface area contributed by atoms with Gasteiger partial charge in [0, 0.05) is 31.9 Å². The molecule has 2 aliphatic heterocycles. The van der Waals surface area contributed by atoms with E-state index in [1.54, 1.807) is 17.0 Å². The van der Waals surface area contributed by atoms with Crippen molar-refractivity contribution in [3.8, 4) is 0 Å². The first-order chi connectivity index (χ1) is 12.1. The van der Waals surface area contributed by atoms with Crippen LogP contribution in [0, 0.1) is 0 Å². The maximum Gasteiger partial charge on any atom is 0.322 e. The number of carbonyl (C=O) groups excluding carboxylic acids is 3. The summed E-state index contributed by atoms with van der Waals surface area (Å²) in [5, 5.41) is 2.78. The molecule has 7 heteroatoms. The number of likely N-dealkylation sites (tertiary alicyclic amines) is 1. The minimum atomic E-state index is -0.290. The molecule has 0 radical (unpaired) electrons. The number of piperidine rings is 1. The van der Waals surface area contributed by atoms with Gasteiger partial charge in [-0.15, -0.1) is 0 Å². The van der Waals surface area contributed by atoms with E-state index < -0.39 is 0 Å². The standard InChI is InChI=1S/C18H24N4O3/c23-16(20-9-5-2-6-10-20)13-21-11-12-22(14-17(21)24)18(25)19-15-7-3-1-4-8-15/h1,3-4,7-8H,2,5-6,9-14H2,(H,19,25). The van der Waals surface area contributed by atoms with Crippen molar-refractivity contribution in [2.75, 3.05) is 44.6 Å². The van der Waals surface area contributed by atoms with E-state index in [0.29, 0.717) is 18.8 Å². The minimum Gasteiger partial charge on any atom is -0.341 e. The Morgan fingerprint density at radius 3 is 2.32 bits per heavy atom. The summed E-state index contributed by atoms with van der Waals surface area (Å²) >= 11 is 0. The zero-order chi connectivity index (χ0) is 17.6. The largest absolute Gasteiger partial charge is 0.341 e. The molecule has 0 aromatic heterocycles. The van der Waals surface area contributed by atoms with Gasteiger partial charge in [0.1, 0.15) is 6.54 Å². The highest BCUT2D eigenvalue weighted by Gasteiger charge is 2.29. The molecule has 2 heterocycles. The second-order valence-corrected chi connectivity index (χ2v) is 6.47. The molecule has 4 amide bonds. The molecular formula is C18H24N4O3. The molecule has 2 fully saturated rings. The number of benzene rings is 1. The molecule has 3 rings (SSSR count). The molecule has 0 atom stereocenters. The highest BCUT2D eigenvalue weighted by Crippen LogP contribution is 2.12. The number of amides is 4. The highest BCUT2D eigenvalue weighted by atomic mass is 16.2. The number of hydrogen-bond acceptors (Lipinski definition) is 3. The molecule has 0 unspecified atom stereocenters. The third kappa shape index (κ3) is 4.49. The number of piperazine rings is 1. The quantitative estimate of drug-likeness (QED) is 0.900. The van der Waals surface area contributed by atoms with Crippen LogP contribution in [-0.4, -0.2) is 71.8 Å². The summed E-state index contributed by atoms with van der Waals surface area (Å²) in [6, 6.07) is 8.86. The van der Waals surface area contributed by atoms with E-state index >= 15 is 0 Å². The van der Waals surface area contributed by atoms with E-state index in [9.17, 15) is 14.4 Å². The molecule has 134 valence electrons. The van der Waals surface area contributed by atoms with Gasteiger partial charge in [-0.25, -0.2) is 4.79 Å². The number of hydrogen-bond donors (Lipinski definition) is 1. The summed E-state index contributed by atoms with van der Waals surface area (Å²) < 4.78 is 0.